The Hall–Kier alpha value is -1.25. The second kappa shape index (κ2) is 4.55. The summed E-state index contributed by atoms with van der Waals surface area (Å²) >= 11 is 5.91. The van der Waals surface area contributed by atoms with Gasteiger partial charge in [-0.1, -0.05) is 17.7 Å². The van der Waals surface area contributed by atoms with Gasteiger partial charge in [0.25, 0.3) is 0 Å². The zero-order chi connectivity index (χ0) is 12.5. The van der Waals surface area contributed by atoms with Crippen molar-refractivity contribution in [3.63, 3.8) is 0 Å². The first-order valence-electron chi connectivity index (χ1n) is 5.56. The van der Waals surface area contributed by atoms with Gasteiger partial charge >= 0.3 is 0 Å². The second-order valence-corrected chi connectivity index (χ2v) is 4.83. The maximum absolute atomic E-state index is 10.3. The first kappa shape index (κ1) is 12.2. The molecule has 0 aliphatic rings. The number of allylic oxidation sites excluding steroid dienone is 1. The van der Waals surface area contributed by atoms with E-state index in [0.717, 1.165) is 17.4 Å². The molecular formula is C14H15ClO2. The van der Waals surface area contributed by atoms with E-state index in [1.807, 2.05) is 18.2 Å². The number of halogens is 1. The largest absolute Gasteiger partial charge is 0.458 e. The first-order valence-corrected chi connectivity index (χ1v) is 5.93. The molecule has 17 heavy (non-hydrogen) atoms. The highest BCUT2D eigenvalue weighted by atomic mass is 35.5. The van der Waals surface area contributed by atoms with Crippen LogP contribution in [0.1, 0.15) is 25.5 Å². The van der Waals surface area contributed by atoms with Crippen LogP contribution in [0.15, 0.2) is 41.3 Å². The zero-order valence-electron chi connectivity index (χ0n) is 9.74. The fraction of sp³-hybridized carbons (Fsp3) is 0.286. The third-order valence-electron chi connectivity index (χ3n) is 2.84. The molecule has 0 spiro atoms. The second-order valence-electron chi connectivity index (χ2n) is 4.39. The molecule has 3 heteroatoms. The summed E-state index contributed by atoms with van der Waals surface area (Å²) in [6, 6.07) is 7.25. The predicted octanol–water partition coefficient (Wildman–Crippen LogP) is 4.26. The molecule has 2 aromatic rings. The lowest BCUT2D eigenvalue weighted by atomic mass is 9.97. The number of furan rings is 1. The van der Waals surface area contributed by atoms with Crippen LogP contribution in [0.25, 0.3) is 11.0 Å². The van der Waals surface area contributed by atoms with Gasteiger partial charge in [0.2, 0.25) is 0 Å². The molecular weight excluding hydrogens is 236 g/mol. The van der Waals surface area contributed by atoms with Gasteiger partial charge in [-0.15, -0.1) is 6.58 Å². The number of aliphatic hydroxyl groups is 1. The molecule has 1 N–H and O–H groups in total. The number of hydrogen-bond donors (Lipinski definition) is 1. The third kappa shape index (κ3) is 2.54. The molecule has 0 fully saturated rings. The van der Waals surface area contributed by atoms with Crippen LogP contribution in [-0.4, -0.2) is 5.11 Å². The van der Waals surface area contributed by atoms with Crippen molar-refractivity contribution in [2.75, 3.05) is 0 Å². The van der Waals surface area contributed by atoms with E-state index in [-0.39, 0.29) is 0 Å². The summed E-state index contributed by atoms with van der Waals surface area (Å²) in [5, 5.41) is 11.9. The minimum atomic E-state index is -0.973. The summed E-state index contributed by atoms with van der Waals surface area (Å²) in [7, 11) is 0. The lowest BCUT2D eigenvalue weighted by Gasteiger charge is -2.19. The van der Waals surface area contributed by atoms with E-state index < -0.39 is 5.60 Å². The lowest BCUT2D eigenvalue weighted by molar-refractivity contribution is 0.0278. The van der Waals surface area contributed by atoms with Gasteiger partial charge < -0.3 is 9.52 Å². The molecule has 1 heterocycles. The average Bonchev–Trinajstić information content (AvgIpc) is 2.70. The van der Waals surface area contributed by atoms with Crippen LogP contribution in [0.2, 0.25) is 5.02 Å². The van der Waals surface area contributed by atoms with E-state index in [0.29, 0.717) is 17.2 Å². The molecule has 90 valence electrons. The highest BCUT2D eigenvalue weighted by Gasteiger charge is 2.26. The molecule has 2 nitrogen and oxygen atoms in total. The Kier molecular flexibility index (Phi) is 3.27. The number of benzene rings is 1. The molecule has 0 amide bonds. The Bertz CT molecular complexity index is 540. The molecule has 2 rings (SSSR count). The molecule has 0 radical (unpaired) electrons. The standard InChI is InChI=1S/C14H15ClO2/c1-3-4-7-14(2,16)13-9-10-8-11(15)5-6-12(10)17-13/h3,5-6,8-9,16H,1,4,7H2,2H3. The topological polar surface area (TPSA) is 33.4 Å². The molecule has 1 atom stereocenters. The molecule has 0 saturated heterocycles. The summed E-state index contributed by atoms with van der Waals surface area (Å²) in [5.41, 5.74) is -0.233. The maximum Gasteiger partial charge on any atom is 0.136 e. The Morgan fingerprint density at radius 1 is 1.47 bits per heavy atom. The average molecular weight is 251 g/mol. The number of fused-ring (bicyclic) bond motifs is 1. The van der Waals surface area contributed by atoms with Crippen molar-refractivity contribution < 1.29 is 9.52 Å². The molecule has 0 aliphatic heterocycles. The highest BCUT2D eigenvalue weighted by Crippen LogP contribution is 2.32. The van der Waals surface area contributed by atoms with Gasteiger partial charge in [-0.05, 0) is 44.0 Å². The summed E-state index contributed by atoms with van der Waals surface area (Å²) in [6.07, 6.45) is 3.11. The monoisotopic (exact) mass is 250 g/mol. The van der Waals surface area contributed by atoms with Gasteiger partial charge in [-0.3, -0.25) is 0 Å². The Balaban J connectivity index is 2.38. The Morgan fingerprint density at radius 2 is 2.24 bits per heavy atom. The van der Waals surface area contributed by atoms with Crippen molar-refractivity contribution in [3.8, 4) is 0 Å². The van der Waals surface area contributed by atoms with Gasteiger partial charge in [-0.2, -0.15) is 0 Å². The number of rotatable bonds is 4. The van der Waals surface area contributed by atoms with Crippen molar-refractivity contribution in [2.45, 2.75) is 25.4 Å². The van der Waals surface area contributed by atoms with Crippen LogP contribution in [0.4, 0.5) is 0 Å². The fourth-order valence-corrected chi connectivity index (χ4v) is 1.97. The van der Waals surface area contributed by atoms with Gasteiger partial charge in [0.15, 0.2) is 0 Å². The Labute approximate surface area is 106 Å². The van der Waals surface area contributed by atoms with E-state index in [1.54, 1.807) is 19.1 Å². The fourth-order valence-electron chi connectivity index (χ4n) is 1.79. The van der Waals surface area contributed by atoms with Crippen molar-refractivity contribution in [3.05, 3.63) is 47.7 Å². The molecule has 0 bridgehead atoms. The summed E-state index contributed by atoms with van der Waals surface area (Å²) in [5.74, 6) is 0.566. The molecule has 1 unspecified atom stereocenters. The zero-order valence-corrected chi connectivity index (χ0v) is 10.5. The molecule has 1 aromatic heterocycles. The minimum absolute atomic E-state index is 0.566. The van der Waals surface area contributed by atoms with Crippen LogP contribution in [0.5, 0.6) is 0 Å². The highest BCUT2D eigenvalue weighted by molar-refractivity contribution is 6.31. The minimum Gasteiger partial charge on any atom is -0.458 e. The first-order chi connectivity index (χ1) is 8.03. The summed E-state index contributed by atoms with van der Waals surface area (Å²) in [4.78, 5) is 0. The van der Waals surface area contributed by atoms with E-state index in [4.69, 9.17) is 16.0 Å². The third-order valence-corrected chi connectivity index (χ3v) is 3.08. The van der Waals surface area contributed by atoms with E-state index in [9.17, 15) is 5.11 Å². The normalized spacial score (nSPS) is 14.8. The molecule has 1 aromatic carbocycles. The van der Waals surface area contributed by atoms with Crippen LogP contribution < -0.4 is 0 Å². The van der Waals surface area contributed by atoms with Gasteiger partial charge in [0.05, 0.1) is 0 Å². The summed E-state index contributed by atoms with van der Waals surface area (Å²) < 4.78 is 5.64. The SMILES string of the molecule is C=CCCC(C)(O)c1cc2cc(Cl)ccc2o1. The lowest BCUT2D eigenvalue weighted by Crippen LogP contribution is -2.19. The summed E-state index contributed by atoms with van der Waals surface area (Å²) in [6.45, 7) is 5.40. The molecule has 0 aliphatic carbocycles. The quantitative estimate of drug-likeness (QED) is 0.823. The van der Waals surface area contributed by atoms with Gasteiger partial charge in [-0.25, -0.2) is 0 Å². The van der Waals surface area contributed by atoms with Gasteiger partial charge in [0.1, 0.15) is 16.9 Å². The van der Waals surface area contributed by atoms with Crippen molar-refractivity contribution in [2.24, 2.45) is 0 Å². The van der Waals surface area contributed by atoms with E-state index in [2.05, 4.69) is 6.58 Å². The van der Waals surface area contributed by atoms with Crippen LogP contribution in [0.3, 0.4) is 0 Å². The smallest absolute Gasteiger partial charge is 0.136 e. The Morgan fingerprint density at radius 3 is 2.94 bits per heavy atom. The predicted molar refractivity (Wildman–Crippen MR) is 70.2 cm³/mol. The van der Waals surface area contributed by atoms with E-state index >= 15 is 0 Å². The van der Waals surface area contributed by atoms with Crippen molar-refractivity contribution >= 4 is 22.6 Å². The van der Waals surface area contributed by atoms with Crippen LogP contribution in [-0.2, 0) is 5.60 Å². The van der Waals surface area contributed by atoms with Crippen LogP contribution >= 0.6 is 11.6 Å². The molecule has 0 saturated carbocycles. The van der Waals surface area contributed by atoms with E-state index in [1.165, 1.54) is 0 Å². The van der Waals surface area contributed by atoms with Crippen molar-refractivity contribution in [1.29, 1.82) is 0 Å². The van der Waals surface area contributed by atoms with Crippen LogP contribution in [0, 0.1) is 0 Å². The maximum atomic E-state index is 10.3. The number of hydrogen-bond acceptors (Lipinski definition) is 2. The van der Waals surface area contributed by atoms with Gasteiger partial charge in [0, 0.05) is 10.4 Å². The van der Waals surface area contributed by atoms with Crippen molar-refractivity contribution in [1.82, 2.24) is 0 Å².